The monoisotopic (exact) mass is 527 g/mol. The number of rotatable bonds is 11. The Morgan fingerprint density at radius 3 is 2.57 bits per heavy atom. The van der Waals surface area contributed by atoms with Crippen LogP contribution in [0.1, 0.15) is 89.8 Å². The van der Waals surface area contributed by atoms with Crippen LogP contribution < -0.4 is 4.74 Å². The Kier molecular flexibility index (Phi) is 8.75. The third kappa shape index (κ3) is 6.10. The number of pyridine rings is 1. The first kappa shape index (κ1) is 27.4. The third-order valence-corrected chi connectivity index (χ3v) is 7.02. The second-order valence-electron chi connectivity index (χ2n) is 10.1. The summed E-state index contributed by atoms with van der Waals surface area (Å²) in [4.78, 5) is 25.8. The highest BCUT2D eigenvalue weighted by atomic mass is 35.5. The molecule has 198 valence electrons. The molecule has 0 aromatic carbocycles. The van der Waals surface area contributed by atoms with Gasteiger partial charge in [-0.25, -0.2) is 14.4 Å². The molecule has 0 unspecified atom stereocenters. The molecule has 2 aliphatic rings. The van der Waals surface area contributed by atoms with Gasteiger partial charge < -0.3 is 9.47 Å². The van der Waals surface area contributed by atoms with Crippen LogP contribution in [0, 0.1) is 11.7 Å². The third-order valence-electron chi connectivity index (χ3n) is 6.84. The van der Waals surface area contributed by atoms with Crippen molar-refractivity contribution < 1.29 is 18.7 Å². The van der Waals surface area contributed by atoms with Crippen LogP contribution in [0.4, 0.5) is 4.39 Å². The van der Waals surface area contributed by atoms with Gasteiger partial charge in [-0.2, -0.15) is 4.98 Å². The van der Waals surface area contributed by atoms with Gasteiger partial charge >= 0.3 is 0 Å². The van der Waals surface area contributed by atoms with E-state index in [1.54, 1.807) is 6.20 Å². The number of Topliss-reactive ketones (excluding diaryl/α,β-unsaturated/α-hetero) is 1. The maximum absolute atomic E-state index is 16.1. The lowest BCUT2D eigenvalue weighted by Gasteiger charge is -2.27. The van der Waals surface area contributed by atoms with E-state index in [0.29, 0.717) is 30.4 Å². The van der Waals surface area contributed by atoms with Crippen LogP contribution in [0.5, 0.6) is 11.8 Å². The molecule has 2 aromatic heterocycles. The minimum atomic E-state index is -0.556. The van der Waals surface area contributed by atoms with Gasteiger partial charge in [0.25, 0.3) is 5.88 Å². The van der Waals surface area contributed by atoms with E-state index in [4.69, 9.17) is 21.1 Å². The zero-order valence-electron chi connectivity index (χ0n) is 22.3. The number of allylic oxidation sites excluding steroid dienone is 4. The number of aryl methyl sites for hydroxylation is 1. The van der Waals surface area contributed by atoms with Crippen LogP contribution in [-0.4, -0.2) is 26.8 Å². The summed E-state index contributed by atoms with van der Waals surface area (Å²) in [6.07, 6.45) is 9.09. The SMILES string of the molecule is CCC/C(C)=C(\C(=O)C(C)C)C1=C(CC)c2c(cnc(Oc3nc(Cl)ncc3COC3CC3)c2F)CC1. The van der Waals surface area contributed by atoms with Gasteiger partial charge in [0.05, 0.1) is 18.3 Å². The number of hydrogen-bond acceptors (Lipinski definition) is 6. The molecule has 8 heteroatoms. The van der Waals surface area contributed by atoms with Crippen molar-refractivity contribution in [2.45, 2.75) is 92.3 Å². The molecular weight excluding hydrogens is 493 g/mol. The Bertz CT molecular complexity index is 1250. The number of nitrogens with zero attached hydrogens (tertiary/aromatic N) is 3. The molecule has 4 rings (SSSR count). The Morgan fingerprint density at radius 1 is 1.16 bits per heavy atom. The van der Waals surface area contributed by atoms with Crippen molar-refractivity contribution in [1.82, 2.24) is 15.0 Å². The fourth-order valence-corrected chi connectivity index (χ4v) is 4.94. The highest BCUT2D eigenvalue weighted by molar-refractivity contribution is 6.28. The maximum Gasteiger partial charge on any atom is 0.258 e. The van der Waals surface area contributed by atoms with Gasteiger partial charge in [0.15, 0.2) is 11.6 Å². The molecule has 0 radical (unpaired) electrons. The Morgan fingerprint density at radius 2 is 1.92 bits per heavy atom. The lowest BCUT2D eigenvalue weighted by Crippen LogP contribution is -2.19. The van der Waals surface area contributed by atoms with Gasteiger partial charge in [0.1, 0.15) is 0 Å². The van der Waals surface area contributed by atoms with E-state index >= 15 is 4.39 Å². The maximum atomic E-state index is 16.1. The fourth-order valence-electron chi connectivity index (χ4n) is 4.82. The van der Waals surface area contributed by atoms with E-state index < -0.39 is 5.82 Å². The van der Waals surface area contributed by atoms with Gasteiger partial charge in [0, 0.05) is 29.4 Å². The van der Waals surface area contributed by atoms with E-state index in [9.17, 15) is 4.79 Å². The highest BCUT2D eigenvalue weighted by Gasteiger charge is 2.30. The first-order valence-electron chi connectivity index (χ1n) is 13.2. The number of ketones is 1. The molecule has 0 aliphatic heterocycles. The van der Waals surface area contributed by atoms with Gasteiger partial charge in [-0.1, -0.05) is 39.7 Å². The molecule has 0 saturated heterocycles. The molecule has 2 heterocycles. The molecule has 2 aliphatic carbocycles. The van der Waals surface area contributed by atoms with E-state index in [1.807, 2.05) is 27.7 Å². The smallest absolute Gasteiger partial charge is 0.258 e. The van der Waals surface area contributed by atoms with Gasteiger partial charge in [-0.15, -0.1) is 0 Å². The van der Waals surface area contributed by atoms with Crippen molar-refractivity contribution >= 4 is 23.0 Å². The van der Waals surface area contributed by atoms with Crippen molar-refractivity contribution in [2.75, 3.05) is 0 Å². The van der Waals surface area contributed by atoms with Crippen LogP contribution in [0.3, 0.4) is 0 Å². The average molecular weight is 528 g/mol. The molecule has 0 spiro atoms. The zero-order valence-corrected chi connectivity index (χ0v) is 23.0. The minimum absolute atomic E-state index is 0.00616. The molecule has 1 saturated carbocycles. The quantitative estimate of drug-likeness (QED) is 0.221. The summed E-state index contributed by atoms with van der Waals surface area (Å²) in [5, 5.41) is -0.00616. The van der Waals surface area contributed by atoms with Crippen molar-refractivity contribution in [3.8, 4) is 11.8 Å². The predicted molar refractivity (Wildman–Crippen MR) is 142 cm³/mol. The number of carbonyl (C=O) groups excluding carboxylic acids is 1. The van der Waals surface area contributed by atoms with Crippen molar-refractivity contribution in [2.24, 2.45) is 5.92 Å². The summed E-state index contributed by atoms with van der Waals surface area (Å²) in [6, 6.07) is 0. The summed E-state index contributed by atoms with van der Waals surface area (Å²) in [5.41, 5.74) is 5.47. The summed E-state index contributed by atoms with van der Waals surface area (Å²) in [6.45, 7) is 10.2. The summed E-state index contributed by atoms with van der Waals surface area (Å²) >= 11 is 6.02. The molecular formula is C29H35ClFN3O3. The Labute approximate surface area is 223 Å². The van der Waals surface area contributed by atoms with Crippen LogP contribution in [0.25, 0.3) is 5.57 Å². The Hall–Kier alpha value is -2.64. The number of aromatic nitrogens is 3. The molecule has 2 aromatic rings. The normalized spacial score (nSPS) is 16.1. The number of hydrogen-bond donors (Lipinski definition) is 0. The van der Waals surface area contributed by atoms with Crippen LogP contribution >= 0.6 is 11.6 Å². The molecule has 1 fully saturated rings. The zero-order chi connectivity index (χ0) is 26.7. The molecule has 0 N–H and O–H groups in total. The minimum Gasteiger partial charge on any atom is -0.417 e. The van der Waals surface area contributed by atoms with Crippen molar-refractivity contribution in [3.63, 3.8) is 0 Å². The summed E-state index contributed by atoms with van der Waals surface area (Å²) < 4.78 is 27.8. The standard InChI is InChI=1S/C29H35ClFN3O3/c1-6-8-17(5)23(26(35)16(3)4)22-12-9-18-13-32-28(25(31)24(18)21(22)7-2)37-27-19(14-33-29(30)34-27)15-36-20-10-11-20/h13-14,16,20H,6-12,15H2,1-5H3/b23-17-. The van der Waals surface area contributed by atoms with Crippen LogP contribution in [0.2, 0.25) is 5.28 Å². The largest absolute Gasteiger partial charge is 0.417 e. The van der Waals surface area contributed by atoms with Crippen molar-refractivity contribution in [1.29, 1.82) is 0 Å². The molecule has 0 bridgehead atoms. The molecule has 0 atom stereocenters. The summed E-state index contributed by atoms with van der Waals surface area (Å²) in [7, 11) is 0. The number of fused-ring (bicyclic) bond motifs is 1. The second kappa shape index (κ2) is 11.8. The van der Waals surface area contributed by atoms with E-state index in [0.717, 1.165) is 53.5 Å². The number of halogens is 2. The van der Waals surface area contributed by atoms with Crippen LogP contribution in [-0.2, 0) is 22.6 Å². The van der Waals surface area contributed by atoms with Gasteiger partial charge in [-0.3, -0.25) is 4.79 Å². The summed E-state index contributed by atoms with van der Waals surface area (Å²) in [5.74, 6) is -0.648. The van der Waals surface area contributed by atoms with E-state index in [2.05, 4.69) is 21.9 Å². The topological polar surface area (TPSA) is 74.2 Å². The van der Waals surface area contributed by atoms with E-state index in [1.165, 1.54) is 6.20 Å². The lowest BCUT2D eigenvalue weighted by molar-refractivity contribution is -0.118. The average Bonchev–Trinajstić information content (AvgIpc) is 3.70. The first-order chi connectivity index (χ1) is 17.7. The van der Waals surface area contributed by atoms with Gasteiger partial charge in [0.2, 0.25) is 11.2 Å². The lowest BCUT2D eigenvalue weighted by atomic mass is 9.78. The van der Waals surface area contributed by atoms with E-state index in [-0.39, 0.29) is 41.5 Å². The Balaban J connectivity index is 1.78. The predicted octanol–water partition coefficient (Wildman–Crippen LogP) is 7.59. The van der Waals surface area contributed by atoms with Gasteiger partial charge in [-0.05, 0) is 73.8 Å². The number of ether oxygens (including phenoxy) is 2. The van der Waals surface area contributed by atoms with Crippen molar-refractivity contribution in [3.05, 3.63) is 56.9 Å². The second-order valence-corrected chi connectivity index (χ2v) is 10.4. The first-order valence-corrected chi connectivity index (χ1v) is 13.6. The molecule has 37 heavy (non-hydrogen) atoms. The molecule has 0 amide bonds. The van der Waals surface area contributed by atoms with Crippen LogP contribution in [0.15, 0.2) is 29.1 Å². The highest BCUT2D eigenvalue weighted by Crippen LogP contribution is 2.42. The fraction of sp³-hybridized carbons (Fsp3) is 0.517. The molecule has 6 nitrogen and oxygen atoms in total. The number of carbonyl (C=O) groups is 1.